The summed E-state index contributed by atoms with van der Waals surface area (Å²) in [6.45, 7) is 4.31. The first-order valence-electron chi connectivity index (χ1n) is 5.05. The van der Waals surface area contributed by atoms with Gasteiger partial charge in [0.05, 0.1) is 0 Å². The lowest BCUT2D eigenvalue weighted by molar-refractivity contribution is 0.679. The molecule has 3 nitrogen and oxygen atoms in total. The fraction of sp³-hybridized carbons (Fsp3) is 0.455. The predicted molar refractivity (Wildman–Crippen MR) is 58.8 cm³/mol. The zero-order valence-corrected chi connectivity index (χ0v) is 8.61. The smallest absolute Gasteiger partial charge is 0.115 e. The van der Waals surface area contributed by atoms with E-state index in [0.29, 0.717) is 0 Å². The average Bonchev–Trinajstić information content (AvgIpc) is 2.25. The van der Waals surface area contributed by atoms with Gasteiger partial charge in [-0.2, -0.15) is 0 Å². The molecule has 0 spiro atoms. The predicted octanol–water partition coefficient (Wildman–Crippen LogP) is 1.88. The molecule has 0 saturated heterocycles. The van der Waals surface area contributed by atoms with Crippen LogP contribution in [0, 0.1) is 0 Å². The first kappa shape index (κ1) is 10.9. The van der Waals surface area contributed by atoms with Crippen LogP contribution in [0.25, 0.3) is 6.08 Å². The van der Waals surface area contributed by atoms with Crippen molar-refractivity contribution in [1.29, 1.82) is 0 Å². The highest BCUT2D eigenvalue weighted by molar-refractivity contribution is 5.45. The van der Waals surface area contributed by atoms with E-state index in [-0.39, 0.29) is 0 Å². The largest absolute Gasteiger partial charge is 0.316 e. The fourth-order valence-electron chi connectivity index (χ4n) is 1.10. The molecule has 1 aromatic heterocycles. The number of nitrogens with zero attached hydrogens (tertiary/aromatic N) is 2. The van der Waals surface area contributed by atoms with Gasteiger partial charge in [-0.3, -0.25) is 0 Å². The Bertz CT molecular complexity index is 256. The fourth-order valence-corrected chi connectivity index (χ4v) is 1.10. The second kappa shape index (κ2) is 7.21. The lowest BCUT2D eigenvalue weighted by Gasteiger charge is -1.97. The molecule has 0 amide bonds. The van der Waals surface area contributed by atoms with E-state index < -0.39 is 0 Å². The normalized spacial score (nSPS) is 10.9. The highest BCUT2D eigenvalue weighted by Crippen LogP contribution is 1.96. The van der Waals surface area contributed by atoms with Crippen LogP contribution in [0.1, 0.15) is 25.3 Å². The van der Waals surface area contributed by atoms with E-state index in [9.17, 15) is 0 Å². The van der Waals surface area contributed by atoms with Crippen LogP contribution in [-0.2, 0) is 0 Å². The molecule has 0 atom stereocenters. The van der Waals surface area contributed by atoms with Crippen LogP contribution >= 0.6 is 0 Å². The molecule has 0 fully saturated rings. The van der Waals surface area contributed by atoms with Crippen LogP contribution < -0.4 is 5.32 Å². The lowest BCUT2D eigenvalue weighted by atomic mass is 10.3. The van der Waals surface area contributed by atoms with Gasteiger partial charge in [-0.05, 0) is 25.9 Å². The molecule has 0 saturated carbocycles. The van der Waals surface area contributed by atoms with Crippen LogP contribution in [0.5, 0.6) is 0 Å². The molecule has 0 aliphatic carbocycles. The van der Waals surface area contributed by atoms with Gasteiger partial charge in [0.1, 0.15) is 6.33 Å². The summed E-state index contributed by atoms with van der Waals surface area (Å²) in [5.41, 5.74) is 1.06. The highest BCUT2D eigenvalue weighted by Gasteiger charge is 1.85. The quantitative estimate of drug-likeness (QED) is 0.698. The van der Waals surface area contributed by atoms with Gasteiger partial charge in [0.25, 0.3) is 0 Å². The summed E-state index contributed by atoms with van der Waals surface area (Å²) >= 11 is 0. The van der Waals surface area contributed by atoms with Gasteiger partial charge in [-0.25, -0.2) is 9.97 Å². The number of aromatic nitrogens is 2. The summed E-state index contributed by atoms with van der Waals surface area (Å²) < 4.78 is 0. The first-order valence-corrected chi connectivity index (χ1v) is 5.05. The Kier molecular flexibility index (Phi) is 5.59. The summed E-state index contributed by atoms with van der Waals surface area (Å²) in [6.07, 6.45) is 11.6. The van der Waals surface area contributed by atoms with E-state index in [1.807, 2.05) is 18.5 Å². The minimum absolute atomic E-state index is 1.04. The van der Waals surface area contributed by atoms with Crippen molar-refractivity contribution in [3.8, 4) is 0 Å². The molecule has 0 bridgehead atoms. The maximum absolute atomic E-state index is 3.94. The second-order valence-corrected chi connectivity index (χ2v) is 3.11. The third-order valence-electron chi connectivity index (χ3n) is 1.81. The van der Waals surface area contributed by atoms with Crippen LogP contribution in [0.2, 0.25) is 0 Å². The summed E-state index contributed by atoms with van der Waals surface area (Å²) in [6, 6.07) is 0. The second-order valence-electron chi connectivity index (χ2n) is 3.11. The monoisotopic (exact) mass is 191 g/mol. The number of rotatable bonds is 6. The van der Waals surface area contributed by atoms with Crippen LogP contribution in [0.4, 0.5) is 0 Å². The Morgan fingerprint density at radius 3 is 2.79 bits per heavy atom. The molecule has 0 aliphatic rings. The molecular formula is C11H17N3. The SMILES string of the molecule is CCCNCCC=Cc1cncnc1. The molecule has 1 N–H and O–H groups in total. The van der Waals surface area contributed by atoms with Gasteiger partial charge in [0, 0.05) is 18.0 Å². The van der Waals surface area contributed by atoms with Crippen molar-refractivity contribution in [3.63, 3.8) is 0 Å². The van der Waals surface area contributed by atoms with Gasteiger partial charge >= 0.3 is 0 Å². The molecule has 14 heavy (non-hydrogen) atoms. The molecule has 76 valence electrons. The average molecular weight is 191 g/mol. The first-order chi connectivity index (χ1) is 6.93. The molecule has 0 aromatic carbocycles. The van der Waals surface area contributed by atoms with Crippen molar-refractivity contribution in [2.75, 3.05) is 13.1 Å². The standard InChI is InChI=1S/C11H17N3/c1-2-6-12-7-4-3-5-11-8-13-10-14-9-11/h3,5,8-10,12H,2,4,6-7H2,1H3. The summed E-state index contributed by atoms with van der Waals surface area (Å²) in [5.74, 6) is 0. The third kappa shape index (κ3) is 4.72. The Balaban J connectivity index is 2.15. The minimum atomic E-state index is 1.04. The Hall–Kier alpha value is -1.22. The number of hydrogen-bond acceptors (Lipinski definition) is 3. The Labute approximate surface area is 85.3 Å². The van der Waals surface area contributed by atoms with E-state index in [0.717, 1.165) is 25.1 Å². The van der Waals surface area contributed by atoms with Crippen molar-refractivity contribution in [2.45, 2.75) is 19.8 Å². The highest BCUT2D eigenvalue weighted by atomic mass is 14.8. The lowest BCUT2D eigenvalue weighted by Crippen LogP contribution is -2.14. The molecule has 0 aliphatic heterocycles. The third-order valence-corrected chi connectivity index (χ3v) is 1.81. The van der Waals surface area contributed by atoms with Gasteiger partial charge < -0.3 is 5.32 Å². The van der Waals surface area contributed by atoms with Gasteiger partial charge in [-0.1, -0.05) is 19.1 Å². The topological polar surface area (TPSA) is 37.8 Å². The van der Waals surface area contributed by atoms with Crippen molar-refractivity contribution in [3.05, 3.63) is 30.4 Å². The van der Waals surface area contributed by atoms with Crippen LogP contribution in [0.15, 0.2) is 24.8 Å². The van der Waals surface area contributed by atoms with E-state index in [4.69, 9.17) is 0 Å². The van der Waals surface area contributed by atoms with Crippen molar-refractivity contribution in [2.24, 2.45) is 0 Å². The van der Waals surface area contributed by atoms with E-state index >= 15 is 0 Å². The minimum Gasteiger partial charge on any atom is -0.316 e. The maximum atomic E-state index is 3.94. The van der Waals surface area contributed by atoms with E-state index in [2.05, 4.69) is 28.3 Å². The molecular weight excluding hydrogens is 174 g/mol. The van der Waals surface area contributed by atoms with Crippen molar-refractivity contribution in [1.82, 2.24) is 15.3 Å². The van der Waals surface area contributed by atoms with Gasteiger partial charge in [-0.15, -0.1) is 0 Å². The number of nitrogens with one attached hydrogen (secondary N) is 1. The summed E-state index contributed by atoms with van der Waals surface area (Å²) in [5, 5.41) is 3.34. The molecule has 1 aromatic rings. The Morgan fingerprint density at radius 1 is 1.29 bits per heavy atom. The summed E-state index contributed by atoms with van der Waals surface area (Å²) in [4.78, 5) is 7.87. The Morgan fingerprint density at radius 2 is 2.07 bits per heavy atom. The van der Waals surface area contributed by atoms with Crippen molar-refractivity contribution < 1.29 is 0 Å². The van der Waals surface area contributed by atoms with E-state index in [1.165, 1.54) is 6.42 Å². The molecule has 3 heteroatoms. The molecule has 0 radical (unpaired) electrons. The van der Waals surface area contributed by atoms with Crippen molar-refractivity contribution >= 4 is 6.08 Å². The summed E-state index contributed by atoms with van der Waals surface area (Å²) in [7, 11) is 0. The number of hydrogen-bond donors (Lipinski definition) is 1. The zero-order chi connectivity index (χ0) is 10.1. The zero-order valence-electron chi connectivity index (χ0n) is 8.61. The maximum Gasteiger partial charge on any atom is 0.115 e. The van der Waals surface area contributed by atoms with Gasteiger partial charge in [0.15, 0.2) is 0 Å². The van der Waals surface area contributed by atoms with Crippen LogP contribution in [0.3, 0.4) is 0 Å². The molecule has 1 heterocycles. The molecule has 0 unspecified atom stereocenters. The van der Waals surface area contributed by atoms with Crippen LogP contribution in [-0.4, -0.2) is 23.1 Å². The molecule has 1 rings (SSSR count). The van der Waals surface area contributed by atoms with E-state index in [1.54, 1.807) is 6.33 Å². The van der Waals surface area contributed by atoms with Gasteiger partial charge in [0.2, 0.25) is 0 Å².